The van der Waals surface area contributed by atoms with Crippen molar-refractivity contribution in [1.82, 2.24) is 24.8 Å². The van der Waals surface area contributed by atoms with Gasteiger partial charge in [-0.05, 0) is 44.2 Å². The lowest BCUT2D eigenvalue weighted by atomic mass is 10.3. The van der Waals surface area contributed by atoms with Gasteiger partial charge in [0.2, 0.25) is 11.9 Å². The number of nitrogens with one attached hydrogen (secondary N) is 1. The fourth-order valence-electron chi connectivity index (χ4n) is 3.43. The van der Waals surface area contributed by atoms with Crippen LogP contribution in [0, 0.1) is 13.8 Å². The number of piperazine rings is 1. The Kier molecular flexibility index (Phi) is 6.54. The fraction of sp³-hybridized carbons (Fsp3) is 0.364. The Hall–Kier alpha value is -3.30. The zero-order valence-electron chi connectivity index (χ0n) is 17.8. The van der Waals surface area contributed by atoms with Crippen molar-refractivity contribution in [3.8, 4) is 11.5 Å². The molecule has 2 aromatic heterocycles. The van der Waals surface area contributed by atoms with E-state index in [4.69, 9.17) is 9.84 Å². The van der Waals surface area contributed by atoms with Gasteiger partial charge in [-0.15, -0.1) is 0 Å². The summed E-state index contributed by atoms with van der Waals surface area (Å²) < 4.78 is 5.87. The van der Waals surface area contributed by atoms with Crippen molar-refractivity contribution in [1.29, 1.82) is 0 Å². The molecule has 31 heavy (non-hydrogen) atoms. The first-order valence-corrected chi connectivity index (χ1v) is 10.4. The lowest BCUT2D eigenvalue weighted by molar-refractivity contribution is 0.188. The Morgan fingerprint density at radius 3 is 2.45 bits per heavy atom. The summed E-state index contributed by atoms with van der Waals surface area (Å²) in [7, 11) is 0. The number of anilines is 3. The van der Waals surface area contributed by atoms with E-state index < -0.39 is 0 Å². The predicted molar refractivity (Wildman–Crippen MR) is 119 cm³/mol. The molecule has 0 amide bonds. The van der Waals surface area contributed by atoms with Crippen LogP contribution in [0.15, 0.2) is 42.6 Å². The number of aliphatic hydroxyl groups is 1. The number of benzene rings is 1. The van der Waals surface area contributed by atoms with Crippen molar-refractivity contribution >= 4 is 17.6 Å². The molecule has 2 N–H and O–H groups in total. The first-order chi connectivity index (χ1) is 15.1. The van der Waals surface area contributed by atoms with Crippen LogP contribution >= 0.6 is 0 Å². The highest BCUT2D eigenvalue weighted by molar-refractivity contribution is 5.56. The molecule has 1 aromatic carbocycles. The highest BCUT2D eigenvalue weighted by Gasteiger charge is 2.19. The minimum Gasteiger partial charge on any atom is -0.457 e. The van der Waals surface area contributed by atoms with Gasteiger partial charge < -0.3 is 20.1 Å². The molecule has 3 aromatic rings. The van der Waals surface area contributed by atoms with Crippen LogP contribution in [0.25, 0.3) is 0 Å². The Morgan fingerprint density at radius 2 is 1.74 bits per heavy atom. The molecule has 1 aliphatic heterocycles. The van der Waals surface area contributed by atoms with E-state index in [0.717, 1.165) is 49.1 Å². The van der Waals surface area contributed by atoms with Crippen molar-refractivity contribution in [3.63, 3.8) is 0 Å². The number of aryl methyl sites for hydroxylation is 2. The second-order valence-electron chi connectivity index (χ2n) is 7.44. The predicted octanol–water partition coefficient (Wildman–Crippen LogP) is 2.53. The van der Waals surface area contributed by atoms with Crippen molar-refractivity contribution in [2.45, 2.75) is 13.8 Å². The number of hydrogen-bond acceptors (Lipinski definition) is 9. The van der Waals surface area contributed by atoms with Gasteiger partial charge in [0.15, 0.2) is 0 Å². The monoisotopic (exact) mass is 421 g/mol. The van der Waals surface area contributed by atoms with Crippen LogP contribution < -0.4 is 15.0 Å². The third-order valence-electron chi connectivity index (χ3n) is 5.02. The SMILES string of the molecule is Cc1cc(Oc2ccc(Nc3nc(C)nc(N4CCN(CCO)CC4)n3)cc2)ccn1. The zero-order valence-corrected chi connectivity index (χ0v) is 17.8. The summed E-state index contributed by atoms with van der Waals surface area (Å²) in [4.78, 5) is 22.1. The van der Waals surface area contributed by atoms with E-state index in [2.05, 4.69) is 35.1 Å². The molecule has 0 spiro atoms. The maximum absolute atomic E-state index is 9.11. The Bertz CT molecular complexity index is 1000. The molecule has 0 bridgehead atoms. The third-order valence-corrected chi connectivity index (χ3v) is 5.02. The van der Waals surface area contributed by atoms with Crippen LogP contribution in [0.1, 0.15) is 11.5 Å². The summed E-state index contributed by atoms with van der Waals surface area (Å²) in [6, 6.07) is 11.4. The number of pyridine rings is 1. The number of hydrogen-bond donors (Lipinski definition) is 2. The van der Waals surface area contributed by atoms with Crippen LogP contribution in [0.3, 0.4) is 0 Å². The van der Waals surface area contributed by atoms with E-state index in [1.165, 1.54) is 0 Å². The quantitative estimate of drug-likeness (QED) is 0.596. The maximum atomic E-state index is 9.11. The Morgan fingerprint density at radius 1 is 0.968 bits per heavy atom. The molecule has 4 rings (SSSR count). The first-order valence-electron chi connectivity index (χ1n) is 10.4. The van der Waals surface area contributed by atoms with Gasteiger partial charge >= 0.3 is 0 Å². The third kappa shape index (κ3) is 5.65. The van der Waals surface area contributed by atoms with Crippen molar-refractivity contribution in [2.75, 3.05) is 49.5 Å². The average molecular weight is 422 g/mol. The van der Waals surface area contributed by atoms with E-state index in [1.54, 1.807) is 6.20 Å². The number of aliphatic hydroxyl groups excluding tert-OH is 1. The van der Waals surface area contributed by atoms with E-state index in [1.807, 2.05) is 50.2 Å². The highest BCUT2D eigenvalue weighted by Crippen LogP contribution is 2.24. The molecule has 0 atom stereocenters. The van der Waals surface area contributed by atoms with Gasteiger partial charge in [0.05, 0.1) is 6.61 Å². The summed E-state index contributed by atoms with van der Waals surface area (Å²) >= 11 is 0. The zero-order chi connectivity index (χ0) is 21.6. The topological polar surface area (TPSA) is 99.5 Å². The second kappa shape index (κ2) is 9.67. The van der Waals surface area contributed by atoms with Crippen molar-refractivity contribution < 1.29 is 9.84 Å². The summed E-state index contributed by atoms with van der Waals surface area (Å²) in [5, 5.41) is 12.4. The molecule has 9 heteroatoms. The van der Waals surface area contributed by atoms with Gasteiger partial charge in [0.1, 0.15) is 17.3 Å². The minimum atomic E-state index is 0.185. The number of nitrogens with zero attached hydrogens (tertiary/aromatic N) is 6. The van der Waals surface area contributed by atoms with Crippen molar-refractivity contribution in [3.05, 3.63) is 54.1 Å². The van der Waals surface area contributed by atoms with Gasteiger partial charge in [0.25, 0.3) is 0 Å². The van der Waals surface area contributed by atoms with E-state index in [-0.39, 0.29) is 6.61 Å². The first kappa shape index (κ1) is 21.0. The van der Waals surface area contributed by atoms with Gasteiger partial charge in [-0.3, -0.25) is 9.88 Å². The van der Waals surface area contributed by atoms with Crippen LogP contribution in [-0.4, -0.2) is 69.3 Å². The molecule has 162 valence electrons. The molecule has 1 aliphatic rings. The number of rotatable bonds is 7. The second-order valence-corrected chi connectivity index (χ2v) is 7.44. The number of ether oxygens (including phenoxy) is 1. The average Bonchev–Trinajstić information content (AvgIpc) is 2.76. The maximum Gasteiger partial charge on any atom is 0.232 e. The Balaban J connectivity index is 1.41. The highest BCUT2D eigenvalue weighted by atomic mass is 16.5. The van der Waals surface area contributed by atoms with E-state index in [9.17, 15) is 0 Å². The smallest absolute Gasteiger partial charge is 0.232 e. The summed E-state index contributed by atoms with van der Waals surface area (Å²) in [5.74, 6) is 3.35. The molecule has 0 saturated carbocycles. The lowest BCUT2D eigenvalue weighted by Crippen LogP contribution is -2.47. The summed E-state index contributed by atoms with van der Waals surface area (Å²) in [6.07, 6.45) is 1.73. The van der Waals surface area contributed by atoms with Crippen LogP contribution in [0.2, 0.25) is 0 Å². The molecular weight excluding hydrogens is 394 g/mol. The lowest BCUT2D eigenvalue weighted by Gasteiger charge is -2.34. The summed E-state index contributed by atoms with van der Waals surface area (Å²) in [5.41, 5.74) is 1.77. The molecule has 0 unspecified atom stereocenters. The summed E-state index contributed by atoms with van der Waals surface area (Å²) in [6.45, 7) is 8.10. The van der Waals surface area contributed by atoms with Gasteiger partial charge in [0, 0.05) is 56.4 Å². The normalized spacial score (nSPS) is 14.5. The fourth-order valence-corrected chi connectivity index (χ4v) is 3.43. The molecule has 3 heterocycles. The van der Waals surface area contributed by atoms with Gasteiger partial charge in [-0.1, -0.05) is 0 Å². The number of aromatic nitrogens is 4. The number of β-amino-alcohol motifs (C(OH)–C–C–N with tert-alkyl or cyclic N) is 1. The molecule has 0 radical (unpaired) electrons. The molecular formula is C22H27N7O2. The molecule has 1 fully saturated rings. The van der Waals surface area contributed by atoms with Crippen molar-refractivity contribution in [2.24, 2.45) is 0 Å². The Labute approximate surface area is 181 Å². The minimum absolute atomic E-state index is 0.185. The molecule has 1 saturated heterocycles. The van der Waals surface area contributed by atoms with Gasteiger partial charge in [-0.2, -0.15) is 15.0 Å². The standard InChI is InChI=1S/C22H27N7O2/c1-16-15-20(7-8-23-16)31-19-5-3-18(4-6-19)26-21-24-17(2)25-22(27-21)29-11-9-28(10-12-29)13-14-30/h3-8,15,30H,9-14H2,1-2H3,(H,24,25,26,27). The molecule has 0 aliphatic carbocycles. The van der Waals surface area contributed by atoms with Crippen LogP contribution in [-0.2, 0) is 0 Å². The largest absolute Gasteiger partial charge is 0.457 e. The van der Waals surface area contributed by atoms with E-state index in [0.29, 0.717) is 24.3 Å². The molecule has 9 nitrogen and oxygen atoms in total. The van der Waals surface area contributed by atoms with Crippen LogP contribution in [0.5, 0.6) is 11.5 Å². The van der Waals surface area contributed by atoms with Crippen LogP contribution in [0.4, 0.5) is 17.6 Å². The van der Waals surface area contributed by atoms with E-state index >= 15 is 0 Å². The van der Waals surface area contributed by atoms with Gasteiger partial charge in [-0.25, -0.2) is 0 Å².